The smallest absolute Gasteiger partial charge is 0.237 e. The zero-order valence-corrected chi connectivity index (χ0v) is 13.0. The van der Waals surface area contributed by atoms with Crippen LogP contribution in [-0.2, 0) is 10.2 Å². The predicted octanol–water partition coefficient (Wildman–Crippen LogP) is 2.78. The number of likely N-dealkylation sites (N-methyl/N-ethyl adjacent to an activating group) is 1. The first-order chi connectivity index (χ1) is 9.08. The molecule has 1 spiro atoms. The summed E-state index contributed by atoms with van der Waals surface area (Å²) < 4.78 is 1.04. The molecule has 2 heterocycles. The second-order valence-electron chi connectivity index (χ2n) is 5.54. The van der Waals surface area contributed by atoms with E-state index in [9.17, 15) is 4.79 Å². The normalized spacial score (nSPS) is 22.1. The van der Waals surface area contributed by atoms with Gasteiger partial charge in [-0.15, -0.1) is 0 Å². The molecule has 1 aromatic rings. The van der Waals surface area contributed by atoms with Gasteiger partial charge in [0.15, 0.2) is 0 Å². The van der Waals surface area contributed by atoms with Gasteiger partial charge < -0.3 is 9.80 Å². The number of likely N-dealkylation sites (tertiary alicyclic amines) is 1. The Morgan fingerprint density at radius 1 is 1.32 bits per heavy atom. The van der Waals surface area contributed by atoms with Crippen molar-refractivity contribution in [1.82, 2.24) is 4.90 Å². The van der Waals surface area contributed by atoms with E-state index in [-0.39, 0.29) is 11.3 Å². The molecule has 3 rings (SSSR count). The summed E-state index contributed by atoms with van der Waals surface area (Å²) >= 11 is 3.50. The van der Waals surface area contributed by atoms with Gasteiger partial charge in [0.05, 0.1) is 5.41 Å². The second kappa shape index (κ2) is 4.60. The summed E-state index contributed by atoms with van der Waals surface area (Å²) in [5.41, 5.74) is 2.03. The molecule has 1 amide bonds. The highest BCUT2D eigenvalue weighted by molar-refractivity contribution is 9.10. The van der Waals surface area contributed by atoms with Crippen LogP contribution in [0.4, 0.5) is 5.69 Å². The summed E-state index contributed by atoms with van der Waals surface area (Å²) in [7, 11) is 1.90. The van der Waals surface area contributed by atoms with Gasteiger partial charge in [0, 0.05) is 17.2 Å². The Morgan fingerprint density at radius 2 is 2.00 bits per heavy atom. The minimum Gasteiger partial charge on any atom is -0.314 e. The molecule has 0 saturated carbocycles. The first-order valence-electron chi connectivity index (χ1n) is 6.89. The SMILES string of the molecule is CCN1CCC2(CC1)C(=O)N(C)c1cc(Br)ccc12. The summed E-state index contributed by atoms with van der Waals surface area (Å²) in [6, 6.07) is 6.25. The number of amides is 1. The van der Waals surface area contributed by atoms with Crippen LogP contribution in [0.3, 0.4) is 0 Å². The molecule has 1 aromatic carbocycles. The van der Waals surface area contributed by atoms with Crippen LogP contribution in [-0.4, -0.2) is 37.5 Å². The second-order valence-corrected chi connectivity index (χ2v) is 6.46. The van der Waals surface area contributed by atoms with Crippen LogP contribution < -0.4 is 4.90 Å². The fourth-order valence-corrected chi connectivity index (χ4v) is 3.82. The van der Waals surface area contributed by atoms with Crippen molar-refractivity contribution in [3.63, 3.8) is 0 Å². The standard InChI is InChI=1S/C15H19BrN2O/c1-3-18-8-6-15(7-9-18)12-5-4-11(16)10-13(12)17(2)14(15)19/h4-5,10H,3,6-9H2,1-2H3. The summed E-state index contributed by atoms with van der Waals surface area (Å²) in [4.78, 5) is 17.0. The number of benzene rings is 1. The quantitative estimate of drug-likeness (QED) is 0.793. The largest absolute Gasteiger partial charge is 0.314 e. The molecule has 0 N–H and O–H groups in total. The van der Waals surface area contributed by atoms with Crippen molar-refractivity contribution in [2.75, 3.05) is 31.6 Å². The molecule has 0 radical (unpaired) electrons. The number of fused-ring (bicyclic) bond motifs is 2. The lowest BCUT2D eigenvalue weighted by atomic mass is 9.73. The number of hydrogen-bond acceptors (Lipinski definition) is 2. The van der Waals surface area contributed by atoms with Gasteiger partial charge in [-0.1, -0.05) is 28.9 Å². The van der Waals surface area contributed by atoms with Crippen molar-refractivity contribution in [2.45, 2.75) is 25.2 Å². The van der Waals surface area contributed by atoms with Crippen LogP contribution in [0.15, 0.2) is 22.7 Å². The number of nitrogens with zero attached hydrogens (tertiary/aromatic N) is 2. The minimum absolute atomic E-state index is 0.267. The van der Waals surface area contributed by atoms with Crippen molar-refractivity contribution in [3.05, 3.63) is 28.2 Å². The third-order valence-electron chi connectivity index (χ3n) is 4.71. The van der Waals surface area contributed by atoms with Crippen molar-refractivity contribution in [1.29, 1.82) is 0 Å². The van der Waals surface area contributed by atoms with Crippen LogP contribution in [0, 0.1) is 0 Å². The minimum atomic E-state index is -0.267. The maximum absolute atomic E-state index is 12.7. The van der Waals surface area contributed by atoms with Gasteiger partial charge in [0.2, 0.25) is 5.91 Å². The van der Waals surface area contributed by atoms with Gasteiger partial charge in [-0.3, -0.25) is 4.79 Å². The van der Waals surface area contributed by atoms with Gasteiger partial charge in [0.25, 0.3) is 0 Å². The number of rotatable bonds is 1. The van der Waals surface area contributed by atoms with Crippen LogP contribution in [0.1, 0.15) is 25.3 Å². The summed E-state index contributed by atoms with van der Waals surface area (Å²) in [6.45, 7) is 5.30. The maximum atomic E-state index is 12.7. The number of piperidine rings is 1. The van der Waals surface area contributed by atoms with Crippen LogP contribution in [0.5, 0.6) is 0 Å². The highest BCUT2D eigenvalue weighted by Gasteiger charge is 2.50. The molecule has 1 saturated heterocycles. The molecule has 0 unspecified atom stereocenters. The molecule has 2 aliphatic rings. The highest BCUT2D eigenvalue weighted by atomic mass is 79.9. The lowest BCUT2D eigenvalue weighted by Gasteiger charge is -2.37. The summed E-state index contributed by atoms with van der Waals surface area (Å²) in [5, 5.41) is 0. The van der Waals surface area contributed by atoms with E-state index in [4.69, 9.17) is 0 Å². The molecule has 102 valence electrons. The van der Waals surface area contributed by atoms with Gasteiger partial charge >= 0.3 is 0 Å². The van der Waals surface area contributed by atoms with E-state index in [1.807, 2.05) is 11.9 Å². The zero-order chi connectivity index (χ0) is 13.6. The van der Waals surface area contributed by atoms with Crippen molar-refractivity contribution >= 4 is 27.5 Å². The van der Waals surface area contributed by atoms with E-state index in [0.717, 1.165) is 42.6 Å². The Hall–Kier alpha value is -0.870. The van der Waals surface area contributed by atoms with Crippen LogP contribution in [0.25, 0.3) is 0 Å². The molecule has 1 fully saturated rings. The number of halogens is 1. The third kappa shape index (κ3) is 1.84. The molecular weight excluding hydrogens is 304 g/mol. The molecule has 0 bridgehead atoms. The van der Waals surface area contributed by atoms with Crippen molar-refractivity contribution in [2.24, 2.45) is 0 Å². The summed E-state index contributed by atoms with van der Waals surface area (Å²) in [5.74, 6) is 0.274. The van der Waals surface area contributed by atoms with Crippen LogP contribution in [0.2, 0.25) is 0 Å². The number of carbonyl (C=O) groups is 1. The first-order valence-corrected chi connectivity index (χ1v) is 7.68. The average molecular weight is 323 g/mol. The van der Waals surface area contributed by atoms with E-state index in [2.05, 4.69) is 46.0 Å². The Morgan fingerprint density at radius 3 is 2.63 bits per heavy atom. The van der Waals surface area contributed by atoms with Gasteiger partial charge in [-0.2, -0.15) is 0 Å². The Kier molecular flexibility index (Phi) is 3.18. The topological polar surface area (TPSA) is 23.6 Å². The van der Waals surface area contributed by atoms with E-state index >= 15 is 0 Å². The highest BCUT2D eigenvalue weighted by Crippen LogP contribution is 2.48. The van der Waals surface area contributed by atoms with Crippen molar-refractivity contribution < 1.29 is 4.79 Å². The van der Waals surface area contributed by atoms with E-state index < -0.39 is 0 Å². The fraction of sp³-hybridized carbons (Fsp3) is 0.533. The molecule has 3 nitrogen and oxygen atoms in total. The molecule has 0 aromatic heterocycles. The van der Waals surface area contributed by atoms with E-state index in [1.54, 1.807) is 0 Å². The molecule has 19 heavy (non-hydrogen) atoms. The molecular formula is C15H19BrN2O. The Bertz CT molecular complexity index is 521. The van der Waals surface area contributed by atoms with Gasteiger partial charge in [-0.25, -0.2) is 0 Å². The fourth-order valence-electron chi connectivity index (χ4n) is 3.47. The van der Waals surface area contributed by atoms with Crippen LogP contribution >= 0.6 is 15.9 Å². The molecule has 4 heteroatoms. The average Bonchev–Trinajstić information content (AvgIpc) is 2.63. The number of anilines is 1. The van der Waals surface area contributed by atoms with Crippen molar-refractivity contribution in [3.8, 4) is 0 Å². The first kappa shape index (κ1) is 13.1. The summed E-state index contributed by atoms with van der Waals surface area (Å²) in [6.07, 6.45) is 1.89. The van der Waals surface area contributed by atoms with E-state index in [1.165, 1.54) is 5.56 Å². The molecule has 2 aliphatic heterocycles. The van der Waals surface area contributed by atoms with Gasteiger partial charge in [-0.05, 0) is 50.2 Å². The zero-order valence-electron chi connectivity index (χ0n) is 11.4. The lowest BCUT2D eigenvalue weighted by molar-refractivity contribution is -0.124. The lowest BCUT2D eigenvalue weighted by Crippen LogP contribution is -2.47. The Balaban J connectivity index is 2.02. The predicted molar refractivity (Wildman–Crippen MR) is 80.6 cm³/mol. The number of hydrogen-bond donors (Lipinski definition) is 0. The third-order valence-corrected chi connectivity index (χ3v) is 5.20. The maximum Gasteiger partial charge on any atom is 0.237 e. The molecule has 0 aliphatic carbocycles. The monoisotopic (exact) mass is 322 g/mol. The van der Waals surface area contributed by atoms with E-state index in [0.29, 0.717) is 0 Å². The number of carbonyl (C=O) groups excluding carboxylic acids is 1. The Labute approximate surface area is 122 Å². The van der Waals surface area contributed by atoms with Gasteiger partial charge in [0.1, 0.15) is 0 Å². The molecule has 0 atom stereocenters.